The van der Waals surface area contributed by atoms with E-state index in [0.717, 1.165) is 6.07 Å². The van der Waals surface area contributed by atoms with Gasteiger partial charge in [0.15, 0.2) is 0 Å². The zero-order chi connectivity index (χ0) is 25.7. The molecule has 0 saturated carbocycles. The van der Waals surface area contributed by atoms with Gasteiger partial charge in [0, 0.05) is 18.2 Å². The first-order chi connectivity index (χ1) is 16.8. The van der Waals surface area contributed by atoms with E-state index in [9.17, 15) is 18.0 Å². The number of aliphatic hydroxyl groups excluding tert-OH is 1. The number of nitrogens with two attached hydrogens (primary N) is 1. The summed E-state index contributed by atoms with van der Waals surface area (Å²) in [5, 5.41) is 12.3. The fourth-order valence-electron chi connectivity index (χ4n) is 3.10. The van der Waals surface area contributed by atoms with E-state index >= 15 is 0 Å². The Bertz CT molecular complexity index is 905. The SMILES string of the molecule is CCCOc1ccc(-c2cc(C(CCOCCOCCOCCO)C(N)=O)on2)c(C(F)(F)F)c1. The van der Waals surface area contributed by atoms with Gasteiger partial charge in [-0.3, -0.25) is 4.79 Å². The standard InChI is InChI=1S/C23H31F3N2O7/c1-2-7-34-16-3-4-17(19(14-16)23(24,25)26)20-15-21(35-28-20)18(22(27)30)5-8-31-10-12-33-13-11-32-9-6-29/h3-4,14-15,18,29H,2,5-13H2,1H3,(H2,27,30). The zero-order valence-corrected chi connectivity index (χ0v) is 19.5. The zero-order valence-electron chi connectivity index (χ0n) is 19.5. The van der Waals surface area contributed by atoms with Gasteiger partial charge < -0.3 is 34.3 Å². The average molecular weight is 505 g/mol. The van der Waals surface area contributed by atoms with Crippen LogP contribution in [0.3, 0.4) is 0 Å². The highest BCUT2D eigenvalue weighted by atomic mass is 19.4. The van der Waals surface area contributed by atoms with Gasteiger partial charge in [-0.25, -0.2) is 0 Å². The Hall–Kier alpha value is -2.67. The number of hydrogen-bond acceptors (Lipinski definition) is 8. The average Bonchev–Trinajstić information content (AvgIpc) is 3.30. The number of amides is 1. The van der Waals surface area contributed by atoms with E-state index in [1.807, 2.05) is 6.92 Å². The number of alkyl halides is 3. The number of hydrogen-bond donors (Lipinski definition) is 2. The van der Waals surface area contributed by atoms with Crippen molar-refractivity contribution in [1.29, 1.82) is 0 Å². The Morgan fingerprint density at radius 1 is 1.06 bits per heavy atom. The van der Waals surface area contributed by atoms with Crippen LogP contribution in [0, 0.1) is 0 Å². The van der Waals surface area contributed by atoms with Gasteiger partial charge in [-0.15, -0.1) is 0 Å². The predicted molar refractivity (Wildman–Crippen MR) is 119 cm³/mol. The van der Waals surface area contributed by atoms with Crippen LogP contribution in [0.2, 0.25) is 0 Å². The topological polar surface area (TPSA) is 126 Å². The number of aliphatic hydroxyl groups is 1. The number of carbonyl (C=O) groups is 1. The number of benzene rings is 1. The maximum atomic E-state index is 13.7. The molecule has 2 aromatic rings. The number of aromatic nitrogens is 1. The van der Waals surface area contributed by atoms with E-state index in [0.29, 0.717) is 26.2 Å². The van der Waals surface area contributed by atoms with Crippen LogP contribution in [-0.4, -0.2) is 69.0 Å². The predicted octanol–water partition coefficient (Wildman–Crippen LogP) is 3.15. The summed E-state index contributed by atoms with van der Waals surface area (Å²) in [5.41, 5.74) is 4.27. The minimum Gasteiger partial charge on any atom is -0.494 e. The molecule has 1 atom stereocenters. The van der Waals surface area contributed by atoms with Crippen molar-refractivity contribution >= 4 is 5.91 Å². The van der Waals surface area contributed by atoms with Crippen LogP contribution in [0.4, 0.5) is 13.2 Å². The van der Waals surface area contributed by atoms with Gasteiger partial charge in [-0.1, -0.05) is 12.1 Å². The van der Waals surface area contributed by atoms with Crippen molar-refractivity contribution in [1.82, 2.24) is 5.16 Å². The Morgan fingerprint density at radius 3 is 2.31 bits per heavy atom. The lowest BCUT2D eigenvalue weighted by molar-refractivity contribution is -0.137. The van der Waals surface area contributed by atoms with Crippen molar-refractivity contribution in [3.8, 4) is 17.0 Å². The molecule has 1 aromatic carbocycles. The third-order valence-electron chi connectivity index (χ3n) is 4.79. The second kappa shape index (κ2) is 14.7. The first-order valence-electron chi connectivity index (χ1n) is 11.2. The summed E-state index contributed by atoms with van der Waals surface area (Å²) >= 11 is 0. The summed E-state index contributed by atoms with van der Waals surface area (Å²) in [7, 11) is 0. The van der Waals surface area contributed by atoms with E-state index in [-0.39, 0.29) is 62.2 Å². The molecule has 12 heteroatoms. The van der Waals surface area contributed by atoms with Crippen LogP contribution in [0.25, 0.3) is 11.3 Å². The molecule has 0 bridgehead atoms. The van der Waals surface area contributed by atoms with Crippen molar-refractivity contribution < 1.29 is 46.5 Å². The molecule has 0 radical (unpaired) electrons. The minimum absolute atomic E-state index is 0.0489. The number of halogens is 3. The lowest BCUT2D eigenvalue weighted by Crippen LogP contribution is -2.22. The van der Waals surface area contributed by atoms with Gasteiger partial charge in [-0.2, -0.15) is 13.2 Å². The molecule has 0 aliphatic rings. The third-order valence-corrected chi connectivity index (χ3v) is 4.79. The summed E-state index contributed by atoms with van der Waals surface area (Å²) in [4.78, 5) is 11.9. The van der Waals surface area contributed by atoms with Crippen molar-refractivity contribution in [2.45, 2.75) is 31.9 Å². The Morgan fingerprint density at radius 2 is 1.71 bits per heavy atom. The fraction of sp³-hybridized carbons (Fsp3) is 0.565. The number of carbonyl (C=O) groups excluding carboxylic acids is 1. The molecular formula is C23H31F3N2O7. The van der Waals surface area contributed by atoms with Gasteiger partial charge in [0.05, 0.1) is 51.8 Å². The summed E-state index contributed by atoms with van der Waals surface area (Å²) in [6.07, 6.45) is -3.84. The van der Waals surface area contributed by atoms with Gasteiger partial charge in [0.2, 0.25) is 5.91 Å². The molecule has 1 aromatic heterocycles. The molecule has 3 N–H and O–H groups in total. The van der Waals surface area contributed by atoms with Crippen molar-refractivity contribution in [2.75, 3.05) is 52.9 Å². The lowest BCUT2D eigenvalue weighted by Gasteiger charge is -2.13. The molecule has 0 saturated heterocycles. The normalized spacial score (nSPS) is 12.6. The first-order valence-corrected chi connectivity index (χ1v) is 11.2. The van der Waals surface area contributed by atoms with Gasteiger partial charge in [0.25, 0.3) is 0 Å². The van der Waals surface area contributed by atoms with Gasteiger partial charge in [-0.05, 0) is 31.0 Å². The van der Waals surface area contributed by atoms with E-state index in [1.165, 1.54) is 18.2 Å². The second-order valence-electron chi connectivity index (χ2n) is 7.47. The molecule has 9 nitrogen and oxygen atoms in total. The smallest absolute Gasteiger partial charge is 0.417 e. The van der Waals surface area contributed by atoms with Crippen molar-refractivity contribution in [3.05, 3.63) is 35.6 Å². The van der Waals surface area contributed by atoms with Crippen LogP contribution in [-0.2, 0) is 25.2 Å². The number of rotatable bonds is 17. The maximum absolute atomic E-state index is 13.7. The second-order valence-corrected chi connectivity index (χ2v) is 7.47. The molecular weight excluding hydrogens is 473 g/mol. The molecule has 2 rings (SSSR count). The van der Waals surface area contributed by atoms with E-state index in [4.69, 9.17) is 34.3 Å². The molecule has 0 spiro atoms. The number of nitrogens with zero attached hydrogens (tertiary/aromatic N) is 1. The molecule has 1 heterocycles. The van der Waals surface area contributed by atoms with E-state index in [1.54, 1.807) is 0 Å². The molecule has 35 heavy (non-hydrogen) atoms. The summed E-state index contributed by atoms with van der Waals surface area (Å²) in [6.45, 7) is 3.73. The highest BCUT2D eigenvalue weighted by Crippen LogP contribution is 2.39. The van der Waals surface area contributed by atoms with Crippen molar-refractivity contribution in [2.24, 2.45) is 5.73 Å². The third kappa shape index (κ3) is 9.48. The summed E-state index contributed by atoms with van der Waals surface area (Å²) in [5.74, 6) is -1.49. The quantitative estimate of drug-likeness (QED) is 0.315. The summed E-state index contributed by atoms with van der Waals surface area (Å²) in [6, 6.07) is 4.88. The maximum Gasteiger partial charge on any atom is 0.417 e. The van der Waals surface area contributed by atoms with Crippen LogP contribution in [0.5, 0.6) is 5.75 Å². The Labute approximate surface area is 201 Å². The minimum atomic E-state index is -4.65. The molecule has 0 aliphatic carbocycles. The van der Waals surface area contributed by atoms with E-state index < -0.39 is 23.6 Å². The molecule has 0 fully saturated rings. The monoisotopic (exact) mass is 504 g/mol. The van der Waals surface area contributed by atoms with Gasteiger partial charge in [0.1, 0.15) is 23.1 Å². The van der Waals surface area contributed by atoms with Crippen LogP contribution >= 0.6 is 0 Å². The fourth-order valence-corrected chi connectivity index (χ4v) is 3.10. The first kappa shape index (κ1) is 28.6. The number of ether oxygens (including phenoxy) is 4. The Kier molecular flexibility index (Phi) is 12.0. The molecule has 196 valence electrons. The largest absolute Gasteiger partial charge is 0.494 e. The molecule has 1 amide bonds. The highest BCUT2D eigenvalue weighted by Gasteiger charge is 2.35. The van der Waals surface area contributed by atoms with Crippen LogP contribution < -0.4 is 10.5 Å². The highest BCUT2D eigenvalue weighted by molar-refractivity contribution is 5.81. The van der Waals surface area contributed by atoms with Crippen LogP contribution in [0.15, 0.2) is 28.8 Å². The lowest BCUT2D eigenvalue weighted by atomic mass is 9.99. The van der Waals surface area contributed by atoms with Crippen LogP contribution in [0.1, 0.15) is 37.0 Å². The van der Waals surface area contributed by atoms with Gasteiger partial charge >= 0.3 is 6.18 Å². The van der Waals surface area contributed by atoms with E-state index in [2.05, 4.69) is 5.16 Å². The summed E-state index contributed by atoms with van der Waals surface area (Å²) < 4.78 is 67.3. The molecule has 1 unspecified atom stereocenters. The van der Waals surface area contributed by atoms with Crippen molar-refractivity contribution in [3.63, 3.8) is 0 Å². The molecule has 0 aliphatic heterocycles. The Balaban J connectivity index is 1.98. The number of primary amides is 1.